The van der Waals surface area contributed by atoms with Gasteiger partial charge in [0.25, 0.3) is 0 Å². The van der Waals surface area contributed by atoms with Crippen molar-refractivity contribution in [2.45, 2.75) is 194 Å². The van der Waals surface area contributed by atoms with Crippen LogP contribution in [0.15, 0.2) is 37.5 Å². The van der Waals surface area contributed by atoms with Crippen LogP contribution in [0, 0.1) is 0 Å². The molecule has 0 aromatic heterocycles. The van der Waals surface area contributed by atoms with Gasteiger partial charge in [0.05, 0.1) is 0 Å². The van der Waals surface area contributed by atoms with Gasteiger partial charge in [-0.2, -0.15) is 0 Å². The van der Waals surface area contributed by atoms with Gasteiger partial charge in [-0.15, -0.1) is 13.2 Å². The number of amides is 2. The minimum Gasteiger partial charge on any atom is -0.370 e. The van der Waals surface area contributed by atoms with Gasteiger partial charge in [0.1, 0.15) is 0 Å². The Balaban J connectivity index is -0.000000683. The van der Waals surface area contributed by atoms with Crippen LogP contribution in [-0.2, 0) is 9.59 Å². The van der Waals surface area contributed by atoms with E-state index in [9.17, 15) is 9.59 Å². The summed E-state index contributed by atoms with van der Waals surface area (Å²) in [7, 11) is 0. The van der Waals surface area contributed by atoms with Crippen LogP contribution in [0.1, 0.15) is 194 Å². The number of primary amides is 2. The third-order valence-electron chi connectivity index (χ3n) is 7.37. The molecule has 0 aromatic carbocycles. The van der Waals surface area contributed by atoms with Gasteiger partial charge in [-0.1, -0.05) is 141 Å². The topological polar surface area (TPSA) is 86.2 Å². The van der Waals surface area contributed by atoms with Crippen LogP contribution in [0.25, 0.3) is 0 Å². The number of unbranched alkanes of at least 4 members (excludes halogenated alkanes) is 22. The van der Waals surface area contributed by atoms with Gasteiger partial charge in [-0.05, 0) is 64.2 Å². The maximum absolute atomic E-state index is 10.5. The molecule has 0 heterocycles. The van der Waals surface area contributed by atoms with Crippen molar-refractivity contribution in [3.63, 3.8) is 0 Å². The number of nitrogens with two attached hydrogens (primary N) is 2. The van der Waals surface area contributed by atoms with Crippen LogP contribution < -0.4 is 11.5 Å². The fourth-order valence-corrected chi connectivity index (χ4v) is 4.74. The summed E-state index contributed by atoms with van der Waals surface area (Å²) in [5, 5.41) is 0. The summed E-state index contributed by atoms with van der Waals surface area (Å²) < 4.78 is 0. The highest BCUT2D eigenvalue weighted by Gasteiger charge is 1.95. The second kappa shape index (κ2) is 43.6. The average molecular weight is 591 g/mol. The molecule has 0 aromatic rings. The minimum absolute atomic E-state index is 0.164. The van der Waals surface area contributed by atoms with Crippen LogP contribution in [-0.4, -0.2) is 11.8 Å². The zero-order valence-electron chi connectivity index (χ0n) is 28.5. The number of carbonyl (C=O) groups is 2. The van der Waals surface area contributed by atoms with Gasteiger partial charge in [0, 0.05) is 12.8 Å². The normalized spacial score (nSPS) is 10.8. The van der Waals surface area contributed by atoms with Crippen molar-refractivity contribution < 1.29 is 9.59 Å². The molecule has 42 heavy (non-hydrogen) atoms. The second-order valence-corrected chi connectivity index (χ2v) is 11.6. The molecule has 0 unspecified atom stereocenters. The van der Waals surface area contributed by atoms with E-state index in [1.165, 1.54) is 141 Å². The molecule has 248 valence electrons. The molecule has 0 spiro atoms. The van der Waals surface area contributed by atoms with E-state index < -0.39 is 0 Å². The predicted molar refractivity (Wildman–Crippen MR) is 189 cm³/mol. The van der Waals surface area contributed by atoms with Crippen molar-refractivity contribution in [1.82, 2.24) is 0 Å². The Hall–Kier alpha value is -1.84. The smallest absolute Gasteiger partial charge is 0.217 e. The van der Waals surface area contributed by atoms with E-state index in [0.29, 0.717) is 12.8 Å². The van der Waals surface area contributed by atoms with Crippen molar-refractivity contribution >= 4 is 11.8 Å². The Morgan fingerprint density at radius 2 is 0.619 bits per heavy atom. The number of carbonyl (C=O) groups excluding carboxylic acids is 2. The molecule has 0 aliphatic carbocycles. The maximum atomic E-state index is 10.5. The van der Waals surface area contributed by atoms with E-state index in [4.69, 9.17) is 11.5 Å². The highest BCUT2D eigenvalue weighted by molar-refractivity contribution is 5.73. The minimum atomic E-state index is -0.164. The standard InChI is InChI=1S/2C18H35NO.C2H4/c2*1-2-3-4-5-6-7-8-9-10-11-12-13-14-15-16-17-18(19)20;1-2/h2*9-10H,2-8,11-17H2,1H3,(H2,19,20);1-2H2. The highest BCUT2D eigenvalue weighted by Crippen LogP contribution is 2.11. The van der Waals surface area contributed by atoms with E-state index in [1.807, 2.05) is 0 Å². The molecule has 4 N–H and O–H groups in total. The first-order chi connectivity index (χ1) is 20.5. The van der Waals surface area contributed by atoms with Crippen LogP contribution in [0.3, 0.4) is 0 Å². The van der Waals surface area contributed by atoms with Gasteiger partial charge in [0.15, 0.2) is 0 Å². The van der Waals surface area contributed by atoms with E-state index in [0.717, 1.165) is 25.7 Å². The quantitative estimate of drug-likeness (QED) is 0.0644. The number of hydrogen-bond donors (Lipinski definition) is 2. The first-order valence-corrected chi connectivity index (χ1v) is 17.9. The lowest BCUT2D eigenvalue weighted by molar-refractivity contribution is -0.119. The monoisotopic (exact) mass is 591 g/mol. The molecular formula is C38H74N2O2. The Kier molecular flexibility index (Phi) is 46.3. The second-order valence-electron chi connectivity index (χ2n) is 11.6. The molecule has 0 bridgehead atoms. The summed E-state index contributed by atoms with van der Waals surface area (Å²) in [4.78, 5) is 21.1. The summed E-state index contributed by atoms with van der Waals surface area (Å²) in [6.45, 7) is 10.5. The fraction of sp³-hybridized carbons (Fsp3) is 0.789. The SMILES string of the molecule is C=C.CCCCCCCCC=CCCCCCCCC(N)=O.CCCCCCCCC=CCCCCCCCC(N)=O. The molecular weight excluding hydrogens is 516 g/mol. The summed E-state index contributed by atoms with van der Waals surface area (Å²) in [6.07, 6.45) is 43.8. The van der Waals surface area contributed by atoms with Gasteiger partial charge in [-0.25, -0.2) is 0 Å². The summed E-state index contributed by atoms with van der Waals surface area (Å²) in [5.74, 6) is -0.328. The average Bonchev–Trinajstić information content (AvgIpc) is 2.98. The predicted octanol–water partition coefficient (Wildman–Crippen LogP) is 11.8. The summed E-state index contributed by atoms with van der Waals surface area (Å²) in [5.41, 5.74) is 10.2. The molecule has 0 radical (unpaired) electrons. The van der Waals surface area contributed by atoms with E-state index in [2.05, 4.69) is 51.3 Å². The van der Waals surface area contributed by atoms with E-state index in [-0.39, 0.29) is 11.8 Å². The Bertz CT molecular complexity index is 536. The molecule has 0 saturated heterocycles. The third kappa shape index (κ3) is 50.9. The summed E-state index contributed by atoms with van der Waals surface area (Å²) >= 11 is 0. The molecule has 4 heteroatoms. The first kappa shape index (κ1) is 44.6. The van der Waals surface area contributed by atoms with Gasteiger partial charge >= 0.3 is 0 Å². The number of allylic oxidation sites excluding steroid dienone is 4. The zero-order chi connectivity index (χ0) is 31.8. The van der Waals surface area contributed by atoms with Gasteiger partial charge in [-0.3, -0.25) is 9.59 Å². The van der Waals surface area contributed by atoms with Gasteiger partial charge < -0.3 is 11.5 Å². The van der Waals surface area contributed by atoms with Crippen molar-refractivity contribution in [1.29, 1.82) is 0 Å². The lowest BCUT2D eigenvalue weighted by Crippen LogP contribution is -2.09. The Morgan fingerprint density at radius 3 is 0.857 bits per heavy atom. The highest BCUT2D eigenvalue weighted by atomic mass is 16.1. The van der Waals surface area contributed by atoms with E-state index in [1.54, 1.807) is 0 Å². The number of rotatable bonds is 30. The first-order valence-electron chi connectivity index (χ1n) is 17.9. The number of hydrogen-bond acceptors (Lipinski definition) is 2. The fourth-order valence-electron chi connectivity index (χ4n) is 4.74. The third-order valence-corrected chi connectivity index (χ3v) is 7.37. The molecule has 0 fully saturated rings. The van der Waals surface area contributed by atoms with Gasteiger partial charge in [0.2, 0.25) is 11.8 Å². The van der Waals surface area contributed by atoms with Crippen molar-refractivity contribution in [3.8, 4) is 0 Å². The Morgan fingerprint density at radius 1 is 0.405 bits per heavy atom. The molecule has 0 atom stereocenters. The lowest BCUT2D eigenvalue weighted by Gasteiger charge is -1.99. The molecule has 0 rings (SSSR count). The molecule has 4 nitrogen and oxygen atoms in total. The molecule has 0 aliphatic heterocycles. The van der Waals surface area contributed by atoms with Crippen molar-refractivity contribution in [2.24, 2.45) is 11.5 Å². The molecule has 0 saturated carbocycles. The van der Waals surface area contributed by atoms with E-state index >= 15 is 0 Å². The van der Waals surface area contributed by atoms with Crippen LogP contribution in [0.4, 0.5) is 0 Å². The summed E-state index contributed by atoms with van der Waals surface area (Å²) in [6, 6.07) is 0. The van der Waals surface area contributed by atoms with Crippen molar-refractivity contribution in [2.75, 3.05) is 0 Å². The Labute approximate surface area is 263 Å². The maximum Gasteiger partial charge on any atom is 0.217 e. The molecule has 0 aliphatic rings. The zero-order valence-corrected chi connectivity index (χ0v) is 28.5. The largest absolute Gasteiger partial charge is 0.370 e. The molecule has 2 amide bonds. The van der Waals surface area contributed by atoms with Crippen LogP contribution >= 0.6 is 0 Å². The van der Waals surface area contributed by atoms with Crippen molar-refractivity contribution in [3.05, 3.63) is 37.5 Å². The van der Waals surface area contributed by atoms with Crippen LogP contribution in [0.5, 0.6) is 0 Å². The van der Waals surface area contributed by atoms with Crippen LogP contribution in [0.2, 0.25) is 0 Å². The lowest BCUT2D eigenvalue weighted by atomic mass is 10.1.